The van der Waals surface area contributed by atoms with Crippen LogP contribution in [-0.2, 0) is 0 Å². The summed E-state index contributed by atoms with van der Waals surface area (Å²) in [6, 6.07) is 0. The monoisotopic (exact) mass is 203 g/mol. The average molecular weight is 203 g/mol. The van der Waals surface area contributed by atoms with E-state index in [9.17, 15) is 20.4 Å². The predicted octanol–water partition coefficient (Wildman–Crippen LogP) is -2.09. The summed E-state index contributed by atoms with van der Waals surface area (Å²) in [5, 5.41) is 38.2. The molecule has 3 unspecified atom stereocenters. The number of nitrogens with zero attached hydrogens (tertiary/aromatic N) is 1. The van der Waals surface area contributed by atoms with Gasteiger partial charge in [-0.25, -0.2) is 0 Å². The quantitative estimate of drug-likeness (QED) is 0.393. The number of aliphatic hydroxyl groups is 4. The first-order valence-corrected chi connectivity index (χ1v) is 5.02. The summed E-state index contributed by atoms with van der Waals surface area (Å²) >= 11 is 0. The van der Waals surface area contributed by atoms with Crippen molar-refractivity contribution in [2.24, 2.45) is 0 Å². The van der Waals surface area contributed by atoms with Crippen LogP contribution in [0.4, 0.5) is 0 Å². The molecule has 2 rings (SSSR count). The fraction of sp³-hybridized carbons (Fsp3) is 1.00. The molecule has 14 heavy (non-hydrogen) atoms. The van der Waals surface area contributed by atoms with Crippen LogP contribution >= 0.6 is 0 Å². The van der Waals surface area contributed by atoms with E-state index < -0.39 is 23.9 Å². The molecule has 0 aromatic carbocycles. The Morgan fingerprint density at radius 3 is 2.64 bits per heavy atom. The molecule has 5 heteroatoms. The minimum atomic E-state index is -1.14. The summed E-state index contributed by atoms with van der Waals surface area (Å²) in [5.41, 5.74) is -0.724. The van der Waals surface area contributed by atoms with Gasteiger partial charge in [0.15, 0.2) is 0 Å². The minimum Gasteiger partial charge on any atom is -0.394 e. The highest BCUT2D eigenvalue weighted by molar-refractivity contribution is 5.08. The topological polar surface area (TPSA) is 84.2 Å². The number of hydrogen-bond acceptors (Lipinski definition) is 5. The average Bonchev–Trinajstić information content (AvgIpc) is 2.59. The van der Waals surface area contributed by atoms with Crippen molar-refractivity contribution in [3.05, 3.63) is 0 Å². The maximum atomic E-state index is 9.86. The third-order valence-corrected chi connectivity index (χ3v) is 3.62. The smallest absolute Gasteiger partial charge is 0.109 e. The van der Waals surface area contributed by atoms with E-state index in [2.05, 4.69) is 0 Å². The van der Waals surface area contributed by atoms with Gasteiger partial charge in [0.05, 0.1) is 18.2 Å². The molecule has 4 N–H and O–H groups in total. The zero-order chi connectivity index (χ0) is 10.3. The molecule has 0 bridgehead atoms. The van der Waals surface area contributed by atoms with Crippen LogP contribution in [0.5, 0.6) is 0 Å². The van der Waals surface area contributed by atoms with E-state index in [0.717, 1.165) is 13.0 Å². The van der Waals surface area contributed by atoms with Crippen molar-refractivity contribution >= 4 is 0 Å². The maximum absolute atomic E-state index is 9.86. The van der Waals surface area contributed by atoms with Crippen molar-refractivity contribution in [1.82, 2.24) is 4.90 Å². The molecular weight excluding hydrogens is 186 g/mol. The zero-order valence-corrected chi connectivity index (χ0v) is 8.00. The number of fused-ring (bicyclic) bond motifs is 1. The van der Waals surface area contributed by atoms with E-state index >= 15 is 0 Å². The number of hydrogen-bond donors (Lipinski definition) is 4. The Hall–Kier alpha value is -0.200. The predicted molar refractivity (Wildman–Crippen MR) is 48.6 cm³/mol. The molecule has 0 spiro atoms. The van der Waals surface area contributed by atoms with Crippen molar-refractivity contribution in [1.29, 1.82) is 0 Å². The molecular formula is C9H17NO4. The molecule has 0 aliphatic carbocycles. The highest BCUT2D eigenvalue weighted by atomic mass is 16.4. The molecule has 0 amide bonds. The van der Waals surface area contributed by atoms with E-state index in [4.69, 9.17) is 0 Å². The molecule has 2 fully saturated rings. The highest BCUT2D eigenvalue weighted by Gasteiger charge is 2.54. The van der Waals surface area contributed by atoms with Gasteiger partial charge in [-0.3, -0.25) is 4.90 Å². The molecule has 2 aliphatic heterocycles. The summed E-state index contributed by atoms with van der Waals surface area (Å²) in [6.07, 6.45) is -1.55. The first-order valence-electron chi connectivity index (χ1n) is 5.02. The van der Waals surface area contributed by atoms with E-state index in [0.29, 0.717) is 13.0 Å². The molecule has 0 radical (unpaired) electrons. The Labute approximate surface area is 82.6 Å². The van der Waals surface area contributed by atoms with Gasteiger partial charge in [0.25, 0.3) is 0 Å². The van der Waals surface area contributed by atoms with Crippen molar-refractivity contribution in [3.8, 4) is 0 Å². The number of β-amino-alcohol motifs (C(OH)–C–C–N with tert-alkyl or cyclic N) is 1. The lowest BCUT2D eigenvalue weighted by Gasteiger charge is -2.48. The second-order valence-corrected chi connectivity index (χ2v) is 4.31. The van der Waals surface area contributed by atoms with Crippen molar-refractivity contribution in [3.63, 3.8) is 0 Å². The van der Waals surface area contributed by atoms with Crippen LogP contribution in [-0.4, -0.2) is 68.9 Å². The van der Waals surface area contributed by atoms with Crippen molar-refractivity contribution in [2.45, 2.75) is 36.7 Å². The lowest BCUT2D eigenvalue weighted by atomic mass is 9.81. The van der Waals surface area contributed by atoms with Crippen LogP contribution in [0.25, 0.3) is 0 Å². The van der Waals surface area contributed by atoms with Crippen LogP contribution in [0.2, 0.25) is 0 Å². The van der Waals surface area contributed by atoms with Gasteiger partial charge in [-0.2, -0.15) is 0 Å². The van der Waals surface area contributed by atoms with Gasteiger partial charge in [0, 0.05) is 6.54 Å². The van der Waals surface area contributed by atoms with Gasteiger partial charge in [0.2, 0.25) is 0 Å². The van der Waals surface area contributed by atoms with Crippen LogP contribution in [0, 0.1) is 0 Å². The Morgan fingerprint density at radius 2 is 2.00 bits per heavy atom. The first kappa shape index (κ1) is 10.3. The Morgan fingerprint density at radius 1 is 1.29 bits per heavy atom. The van der Waals surface area contributed by atoms with Gasteiger partial charge in [-0.05, 0) is 19.4 Å². The van der Waals surface area contributed by atoms with E-state index in [-0.39, 0.29) is 6.61 Å². The van der Waals surface area contributed by atoms with Gasteiger partial charge in [-0.15, -0.1) is 0 Å². The van der Waals surface area contributed by atoms with Crippen LogP contribution in [0.3, 0.4) is 0 Å². The molecule has 2 heterocycles. The Balaban J connectivity index is 2.26. The fourth-order valence-electron chi connectivity index (χ4n) is 2.70. The van der Waals surface area contributed by atoms with E-state index in [1.165, 1.54) is 0 Å². The van der Waals surface area contributed by atoms with Gasteiger partial charge < -0.3 is 20.4 Å². The van der Waals surface area contributed by atoms with Crippen LogP contribution in [0.15, 0.2) is 0 Å². The SMILES string of the molecule is OC[C@@]12CCCN1CC(O)C(O)C2O. The standard InChI is InChI=1S/C9H17NO4/c11-5-9-2-1-3-10(9)4-6(12)7(13)8(9)14/h6-8,11-14H,1-5H2/t6?,7?,8?,9-/m1/s1. The maximum Gasteiger partial charge on any atom is 0.109 e. The van der Waals surface area contributed by atoms with Crippen molar-refractivity contribution < 1.29 is 20.4 Å². The molecule has 0 saturated carbocycles. The summed E-state index contributed by atoms with van der Waals surface area (Å²) < 4.78 is 0. The molecule has 2 saturated heterocycles. The second-order valence-electron chi connectivity index (χ2n) is 4.31. The summed E-state index contributed by atoms with van der Waals surface area (Å²) in [6.45, 7) is 0.929. The largest absolute Gasteiger partial charge is 0.394 e. The Bertz CT molecular complexity index is 225. The number of piperidine rings is 1. The summed E-state index contributed by atoms with van der Waals surface area (Å²) in [5.74, 6) is 0. The van der Waals surface area contributed by atoms with E-state index in [1.807, 2.05) is 4.90 Å². The molecule has 2 aliphatic rings. The number of aliphatic hydroxyl groups excluding tert-OH is 4. The summed E-state index contributed by atoms with van der Waals surface area (Å²) in [7, 11) is 0. The second kappa shape index (κ2) is 3.43. The van der Waals surface area contributed by atoms with Crippen molar-refractivity contribution in [2.75, 3.05) is 19.7 Å². The third kappa shape index (κ3) is 1.20. The fourth-order valence-corrected chi connectivity index (χ4v) is 2.70. The normalized spacial score (nSPS) is 49.3. The lowest BCUT2D eigenvalue weighted by Crippen LogP contribution is -2.68. The molecule has 0 aromatic rings. The van der Waals surface area contributed by atoms with Gasteiger partial charge in [0.1, 0.15) is 12.2 Å². The third-order valence-electron chi connectivity index (χ3n) is 3.62. The summed E-state index contributed by atoms with van der Waals surface area (Å²) in [4.78, 5) is 1.88. The molecule has 82 valence electrons. The lowest BCUT2D eigenvalue weighted by molar-refractivity contribution is -0.174. The van der Waals surface area contributed by atoms with E-state index in [1.54, 1.807) is 0 Å². The molecule has 0 aromatic heterocycles. The van der Waals surface area contributed by atoms with Crippen LogP contribution in [0.1, 0.15) is 12.8 Å². The highest BCUT2D eigenvalue weighted by Crippen LogP contribution is 2.37. The first-order chi connectivity index (χ1) is 6.62. The molecule has 4 atom stereocenters. The van der Waals surface area contributed by atoms with Gasteiger partial charge in [-0.1, -0.05) is 0 Å². The minimum absolute atomic E-state index is 0.169. The number of rotatable bonds is 1. The zero-order valence-electron chi connectivity index (χ0n) is 8.00. The molecule has 5 nitrogen and oxygen atoms in total. The Kier molecular flexibility index (Phi) is 2.53. The van der Waals surface area contributed by atoms with Gasteiger partial charge >= 0.3 is 0 Å². The van der Waals surface area contributed by atoms with Crippen LogP contribution < -0.4 is 0 Å².